The summed E-state index contributed by atoms with van der Waals surface area (Å²) in [5.74, 6) is 0.480. The van der Waals surface area contributed by atoms with E-state index in [0.29, 0.717) is 5.92 Å². The van der Waals surface area contributed by atoms with Crippen molar-refractivity contribution in [2.75, 3.05) is 41.3 Å². The lowest BCUT2D eigenvalue weighted by molar-refractivity contribution is -0.149. The third kappa shape index (κ3) is 3.69. The van der Waals surface area contributed by atoms with E-state index in [1.165, 1.54) is 26.5 Å². The zero-order chi connectivity index (χ0) is 13.7. The monoisotopic (exact) mass is 256 g/mol. The molecule has 4 nitrogen and oxygen atoms in total. The largest absolute Gasteiger partial charge is 0.469 e. The van der Waals surface area contributed by atoms with Crippen molar-refractivity contribution in [3.05, 3.63) is 0 Å². The Balaban J connectivity index is 2.82. The highest BCUT2D eigenvalue weighted by atomic mass is 16.5. The van der Waals surface area contributed by atoms with Crippen molar-refractivity contribution in [2.24, 2.45) is 11.8 Å². The second kappa shape index (κ2) is 7.10. The number of carbonyl (C=O) groups excluding carboxylic acids is 1. The van der Waals surface area contributed by atoms with Gasteiger partial charge in [-0.05, 0) is 52.9 Å². The first-order valence-corrected chi connectivity index (χ1v) is 6.94. The molecule has 3 atom stereocenters. The molecule has 0 N–H and O–H groups in total. The van der Waals surface area contributed by atoms with Gasteiger partial charge in [0.25, 0.3) is 0 Å². The molecule has 1 rings (SSSR count). The number of nitrogens with zero attached hydrogens (tertiary/aromatic N) is 2. The number of piperidine rings is 1. The van der Waals surface area contributed by atoms with Crippen molar-refractivity contribution in [2.45, 2.75) is 32.2 Å². The van der Waals surface area contributed by atoms with Crippen LogP contribution in [0.1, 0.15) is 26.2 Å². The molecule has 0 radical (unpaired) electrons. The summed E-state index contributed by atoms with van der Waals surface area (Å²) in [5.41, 5.74) is 0. The van der Waals surface area contributed by atoms with Crippen molar-refractivity contribution >= 4 is 5.97 Å². The molecule has 0 aliphatic carbocycles. The van der Waals surface area contributed by atoms with E-state index in [0.717, 1.165) is 13.0 Å². The Morgan fingerprint density at radius 2 is 2.17 bits per heavy atom. The standard InChI is InChI=1S/C14H28N2O2/c1-6-12(14(17)18-5)13(15(2)3)11-8-7-9-16(4)10-11/h11-13H,6-10H2,1-5H3. The van der Waals surface area contributed by atoms with Crippen molar-refractivity contribution in [3.8, 4) is 0 Å². The Labute approximate surface area is 111 Å². The molecule has 0 saturated carbocycles. The molecule has 1 fully saturated rings. The second-order valence-corrected chi connectivity index (χ2v) is 5.66. The van der Waals surface area contributed by atoms with Gasteiger partial charge in [0.2, 0.25) is 0 Å². The smallest absolute Gasteiger partial charge is 0.310 e. The number of methoxy groups -OCH3 is 1. The van der Waals surface area contributed by atoms with Gasteiger partial charge in [-0.15, -0.1) is 0 Å². The van der Waals surface area contributed by atoms with E-state index in [2.05, 4.69) is 37.9 Å². The zero-order valence-electron chi connectivity index (χ0n) is 12.5. The summed E-state index contributed by atoms with van der Waals surface area (Å²) in [4.78, 5) is 16.5. The molecule has 0 aromatic rings. The highest BCUT2D eigenvalue weighted by molar-refractivity contribution is 5.73. The van der Waals surface area contributed by atoms with Gasteiger partial charge in [0.15, 0.2) is 0 Å². The summed E-state index contributed by atoms with van der Waals surface area (Å²) in [7, 11) is 7.80. The van der Waals surface area contributed by atoms with E-state index in [1.807, 2.05) is 0 Å². The van der Waals surface area contributed by atoms with Gasteiger partial charge in [-0.3, -0.25) is 4.79 Å². The number of esters is 1. The Morgan fingerprint density at radius 1 is 1.50 bits per heavy atom. The SMILES string of the molecule is CCC(C(=O)OC)C(C1CCCN(C)C1)N(C)C. The maximum absolute atomic E-state index is 12.0. The molecule has 0 spiro atoms. The van der Waals surface area contributed by atoms with Crippen molar-refractivity contribution in [1.82, 2.24) is 9.80 Å². The third-order valence-corrected chi connectivity index (χ3v) is 4.10. The minimum Gasteiger partial charge on any atom is -0.469 e. The summed E-state index contributed by atoms with van der Waals surface area (Å²) < 4.78 is 4.97. The highest BCUT2D eigenvalue weighted by Gasteiger charge is 2.36. The van der Waals surface area contributed by atoms with Gasteiger partial charge < -0.3 is 14.5 Å². The van der Waals surface area contributed by atoms with Crippen LogP contribution in [0.15, 0.2) is 0 Å². The van der Waals surface area contributed by atoms with Crippen molar-refractivity contribution in [1.29, 1.82) is 0 Å². The average Bonchev–Trinajstić information content (AvgIpc) is 2.34. The van der Waals surface area contributed by atoms with Crippen LogP contribution >= 0.6 is 0 Å². The molecule has 0 bridgehead atoms. The highest BCUT2D eigenvalue weighted by Crippen LogP contribution is 2.28. The fourth-order valence-electron chi connectivity index (χ4n) is 3.29. The summed E-state index contributed by atoms with van der Waals surface area (Å²) in [6, 6.07) is 0.283. The lowest BCUT2D eigenvalue weighted by atomic mass is 9.81. The number of hydrogen-bond acceptors (Lipinski definition) is 4. The molecule has 0 amide bonds. The number of rotatable bonds is 5. The van der Waals surface area contributed by atoms with Crippen LogP contribution in [0, 0.1) is 11.8 Å². The summed E-state index contributed by atoms with van der Waals surface area (Å²) in [5, 5.41) is 0. The summed E-state index contributed by atoms with van der Waals surface area (Å²) >= 11 is 0. The molecule has 1 aliphatic heterocycles. The Bertz CT molecular complexity index is 269. The van der Waals surface area contributed by atoms with Crippen molar-refractivity contribution in [3.63, 3.8) is 0 Å². The lowest BCUT2D eigenvalue weighted by Gasteiger charge is -2.41. The third-order valence-electron chi connectivity index (χ3n) is 4.10. The van der Waals surface area contributed by atoms with E-state index in [4.69, 9.17) is 4.74 Å². The summed E-state index contributed by atoms with van der Waals surface area (Å²) in [6.45, 7) is 4.33. The first-order valence-electron chi connectivity index (χ1n) is 6.94. The number of hydrogen-bond donors (Lipinski definition) is 0. The van der Waals surface area contributed by atoms with Gasteiger partial charge in [-0.2, -0.15) is 0 Å². The van der Waals surface area contributed by atoms with Gasteiger partial charge in [0.1, 0.15) is 0 Å². The molecule has 4 heteroatoms. The molecule has 0 aromatic carbocycles. The van der Waals surface area contributed by atoms with Crippen LogP contribution in [0.4, 0.5) is 0 Å². The molecule has 1 saturated heterocycles. The molecular weight excluding hydrogens is 228 g/mol. The van der Waals surface area contributed by atoms with Crippen LogP contribution in [-0.2, 0) is 9.53 Å². The normalized spacial score (nSPS) is 24.9. The predicted octanol–water partition coefficient (Wildman–Crippen LogP) is 1.46. The number of carbonyl (C=O) groups is 1. The Morgan fingerprint density at radius 3 is 2.61 bits per heavy atom. The quantitative estimate of drug-likeness (QED) is 0.697. The Hall–Kier alpha value is -0.610. The molecule has 18 heavy (non-hydrogen) atoms. The maximum Gasteiger partial charge on any atom is 0.310 e. The van der Waals surface area contributed by atoms with Gasteiger partial charge in [0, 0.05) is 12.6 Å². The Kier molecular flexibility index (Phi) is 6.09. The minimum atomic E-state index is -0.0653. The van der Waals surface area contributed by atoms with Crippen molar-refractivity contribution < 1.29 is 9.53 Å². The molecule has 1 aliphatic rings. The zero-order valence-corrected chi connectivity index (χ0v) is 12.5. The number of ether oxygens (including phenoxy) is 1. The number of likely N-dealkylation sites (tertiary alicyclic amines) is 1. The van der Waals surface area contributed by atoms with Crippen LogP contribution in [-0.4, -0.2) is 63.2 Å². The fraction of sp³-hybridized carbons (Fsp3) is 0.929. The van der Waals surface area contributed by atoms with E-state index < -0.39 is 0 Å². The molecule has 0 aromatic heterocycles. The van der Waals surface area contributed by atoms with Gasteiger partial charge >= 0.3 is 5.97 Å². The molecule has 3 unspecified atom stereocenters. The summed E-state index contributed by atoms with van der Waals surface area (Å²) in [6.07, 6.45) is 3.28. The fourth-order valence-corrected chi connectivity index (χ4v) is 3.29. The second-order valence-electron chi connectivity index (χ2n) is 5.66. The molecule has 106 valence electrons. The maximum atomic E-state index is 12.0. The van der Waals surface area contributed by atoms with Gasteiger partial charge in [0.05, 0.1) is 13.0 Å². The first kappa shape index (κ1) is 15.4. The topological polar surface area (TPSA) is 32.8 Å². The van der Waals surface area contributed by atoms with Crippen LogP contribution in [0.25, 0.3) is 0 Å². The van der Waals surface area contributed by atoms with E-state index >= 15 is 0 Å². The predicted molar refractivity (Wildman–Crippen MR) is 73.5 cm³/mol. The molecule has 1 heterocycles. The van der Waals surface area contributed by atoms with Crippen LogP contribution in [0.2, 0.25) is 0 Å². The van der Waals surface area contributed by atoms with Crippen LogP contribution in [0.3, 0.4) is 0 Å². The van der Waals surface area contributed by atoms with Crippen LogP contribution < -0.4 is 0 Å². The van der Waals surface area contributed by atoms with Gasteiger partial charge in [-0.25, -0.2) is 0 Å². The van der Waals surface area contributed by atoms with Crippen LogP contribution in [0.5, 0.6) is 0 Å². The van der Waals surface area contributed by atoms with E-state index in [1.54, 1.807) is 0 Å². The average molecular weight is 256 g/mol. The minimum absolute atomic E-state index is 0.0125. The van der Waals surface area contributed by atoms with Gasteiger partial charge in [-0.1, -0.05) is 6.92 Å². The lowest BCUT2D eigenvalue weighted by Crippen LogP contribution is -2.50. The van der Waals surface area contributed by atoms with E-state index in [9.17, 15) is 4.79 Å². The van der Waals surface area contributed by atoms with E-state index in [-0.39, 0.29) is 17.9 Å². The molecular formula is C14H28N2O2. The first-order chi connectivity index (χ1) is 8.51.